The zero-order valence-corrected chi connectivity index (χ0v) is 10.1. The van der Waals surface area contributed by atoms with Crippen molar-refractivity contribution < 1.29 is 9.53 Å². The summed E-state index contributed by atoms with van der Waals surface area (Å²) in [5.41, 5.74) is 0. The number of rotatable bonds is 7. The third-order valence-corrected chi connectivity index (χ3v) is 2.30. The van der Waals surface area contributed by atoms with Crippen LogP contribution in [0.25, 0.3) is 0 Å². The van der Waals surface area contributed by atoms with E-state index in [9.17, 15) is 4.79 Å². The molecule has 1 aromatic rings. The Kier molecular flexibility index (Phi) is 5.11. The number of methoxy groups -OCH3 is 1. The van der Waals surface area contributed by atoms with Crippen molar-refractivity contribution in [2.45, 2.75) is 39.2 Å². The average Bonchev–Trinajstić information content (AvgIpc) is 2.66. The number of nitrogens with zero attached hydrogens (tertiary/aromatic N) is 3. The molecule has 0 aliphatic heterocycles. The summed E-state index contributed by atoms with van der Waals surface area (Å²) < 4.78 is 6.69. The molecule has 16 heavy (non-hydrogen) atoms. The van der Waals surface area contributed by atoms with Gasteiger partial charge in [-0.2, -0.15) is 5.10 Å². The molecule has 0 atom stereocenters. The lowest BCUT2D eigenvalue weighted by molar-refractivity contribution is -0.118. The summed E-state index contributed by atoms with van der Waals surface area (Å²) in [6, 6.07) is 0.240. The molecule has 0 bridgehead atoms. The highest BCUT2D eigenvalue weighted by molar-refractivity contribution is 5.80. The number of hydrogen-bond acceptors (Lipinski definition) is 4. The molecule has 1 rings (SSSR count). The van der Waals surface area contributed by atoms with Crippen LogP contribution in [0.3, 0.4) is 0 Å². The van der Waals surface area contributed by atoms with Crippen LogP contribution >= 0.6 is 0 Å². The largest absolute Gasteiger partial charge is 0.385 e. The van der Waals surface area contributed by atoms with E-state index in [0.29, 0.717) is 19.4 Å². The molecule has 0 radical (unpaired) electrons. The minimum atomic E-state index is 0.187. The van der Waals surface area contributed by atoms with E-state index < -0.39 is 0 Å². The molecule has 0 N–H and O–H groups in total. The first kappa shape index (κ1) is 12.8. The molecule has 0 aliphatic carbocycles. The predicted molar refractivity (Wildman–Crippen MR) is 60.2 cm³/mol. The first-order valence-electron chi connectivity index (χ1n) is 5.54. The number of Topliss-reactive ketones (excluding diaryl/α,β-unsaturated/α-hetero) is 1. The average molecular weight is 225 g/mol. The van der Waals surface area contributed by atoms with Gasteiger partial charge in [-0.1, -0.05) is 0 Å². The van der Waals surface area contributed by atoms with Gasteiger partial charge in [0.25, 0.3) is 0 Å². The molecule has 1 heterocycles. The van der Waals surface area contributed by atoms with Gasteiger partial charge in [0.05, 0.1) is 6.42 Å². The van der Waals surface area contributed by atoms with Crippen LogP contribution in [0.1, 0.15) is 38.6 Å². The molecule has 0 fully saturated rings. The second kappa shape index (κ2) is 6.37. The summed E-state index contributed by atoms with van der Waals surface area (Å²) >= 11 is 0. The quantitative estimate of drug-likeness (QED) is 0.658. The van der Waals surface area contributed by atoms with Gasteiger partial charge < -0.3 is 4.74 Å². The summed E-state index contributed by atoms with van der Waals surface area (Å²) in [6.07, 6.45) is 3.17. The number of ketones is 1. The van der Waals surface area contributed by atoms with Crippen LogP contribution in [-0.4, -0.2) is 34.3 Å². The Morgan fingerprint density at radius 2 is 2.31 bits per heavy atom. The SMILES string of the molecule is COCCCC(=O)Cc1ncnn1C(C)C. The number of carbonyl (C=O) groups excluding carboxylic acids is 1. The Balaban J connectivity index is 2.46. The van der Waals surface area contributed by atoms with Crippen molar-refractivity contribution in [3.8, 4) is 0 Å². The van der Waals surface area contributed by atoms with Crippen molar-refractivity contribution in [2.24, 2.45) is 0 Å². The molecule has 90 valence electrons. The first-order chi connectivity index (χ1) is 7.65. The predicted octanol–water partition coefficient (Wildman–Crippen LogP) is 1.40. The number of ether oxygens (including phenoxy) is 1. The van der Waals surface area contributed by atoms with E-state index in [1.807, 2.05) is 13.8 Å². The fraction of sp³-hybridized carbons (Fsp3) is 0.727. The molecule has 0 saturated carbocycles. The van der Waals surface area contributed by atoms with Crippen molar-refractivity contribution in [3.05, 3.63) is 12.2 Å². The van der Waals surface area contributed by atoms with Crippen molar-refractivity contribution >= 4 is 5.78 Å². The van der Waals surface area contributed by atoms with Crippen molar-refractivity contribution in [1.82, 2.24) is 14.8 Å². The normalized spacial score (nSPS) is 11.0. The number of carbonyl (C=O) groups is 1. The molecule has 5 nitrogen and oxygen atoms in total. The van der Waals surface area contributed by atoms with E-state index in [1.165, 1.54) is 6.33 Å². The fourth-order valence-electron chi connectivity index (χ4n) is 1.51. The van der Waals surface area contributed by atoms with Crippen LogP contribution in [-0.2, 0) is 16.0 Å². The standard InChI is InChI=1S/C11H19N3O2/c1-9(2)14-11(12-8-13-14)7-10(15)5-4-6-16-3/h8-9H,4-7H2,1-3H3. The summed E-state index contributed by atoms with van der Waals surface area (Å²) in [6.45, 7) is 4.67. The lowest BCUT2D eigenvalue weighted by atomic mass is 10.1. The summed E-state index contributed by atoms with van der Waals surface area (Å²) in [7, 11) is 1.64. The van der Waals surface area contributed by atoms with Crippen LogP contribution in [0, 0.1) is 0 Å². The molecule has 5 heteroatoms. The lowest BCUT2D eigenvalue weighted by Crippen LogP contribution is -2.13. The number of hydrogen-bond donors (Lipinski definition) is 0. The zero-order valence-electron chi connectivity index (χ0n) is 10.1. The van der Waals surface area contributed by atoms with E-state index in [0.717, 1.165) is 12.2 Å². The second-order valence-corrected chi connectivity index (χ2v) is 4.03. The third kappa shape index (κ3) is 3.73. The maximum atomic E-state index is 11.6. The highest BCUT2D eigenvalue weighted by atomic mass is 16.5. The summed E-state index contributed by atoms with van der Waals surface area (Å²) in [5, 5.41) is 4.09. The Labute approximate surface area is 95.8 Å². The van der Waals surface area contributed by atoms with Gasteiger partial charge in [0, 0.05) is 26.2 Å². The Morgan fingerprint density at radius 1 is 1.56 bits per heavy atom. The smallest absolute Gasteiger partial charge is 0.140 e. The maximum absolute atomic E-state index is 11.6. The van der Waals surface area contributed by atoms with Gasteiger partial charge in [-0.3, -0.25) is 4.79 Å². The fourth-order valence-corrected chi connectivity index (χ4v) is 1.51. The summed E-state index contributed by atoms with van der Waals surface area (Å²) in [4.78, 5) is 15.7. The first-order valence-corrected chi connectivity index (χ1v) is 5.54. The van der Waals surface area contributed by atoms with Gasteiger partial charge >= 0.3 is 0 Å². The molecule has 0 spiro atoms. The highest BCUT2D eigenvalue weighted by Crippen LogP contribution is 2.07. The van der Waals surface area contributed by atoms with Crippen LogP contribution in [0.2, 0.25) is 0 Å². The van der Waals surface area contributed by atoms with Gasteiger partial charge in [-0.25, -0.2) is 9.67 Å². The van der Waals surface area contributed by atoms with E-state index >= 15 is 0 Å². The van der Waals surface area contributed by atoms with Crippen LogP contribution in [0.4, 0.5) is 0 Å². The van der Waals surface area contributed by atoms with Gasteiger partial charge in [0.2, 0.25) is 0 Å². The monoisotopic (exact) mass is 225 g/mol. The molecule has 0 unspecified atom stereocenters. The molecular formula is C11H19N3O2. The molecule has 0 aromatic carbocycles. The maximum Gasteiger partial charge on any atom is 0.140 e. The Hall–Kier alpha value is -1.23. The van der Waals surface area contributed by atoms with Crippen LogP contribution in [0.15, 0.2) is 6.33 Å². The minimum Gasteiger partial charge on any atom is -0.385 e. The van der Waals surface area contributed by atoms with Gasteiger partial charge in [0.1, 0.15) is 17.9 Å². The molecule has 1 aromatic heterocycles. The van der Waals surface area contributed by atoms with E-state index in [4.69, 9.17) is 4.74 Å². The van der Waals surface area contributed by atoms with Crippen LogP contribution < -0.4 is 0 Å². The number of aromatic nitrogens is 3. The molecule has 0 saturated heterocycles. The lowest BCUT2D eigenvalue weighted by Gasteiger charge is -2.08. The van der Waals surface area contributed by atoms with E-state index in [-0.39, 0.29) is 11.8 Å². The topological polar surface area (TPSA) is 57.0 Å². The van der Waals surface area contributed by atoms with Crippen molar-refractivity contribution in [1.29, 1.82) is 0 Å². The second-order valence-electron chi connectivity index (χ2n) is 4.03. The third-order valence-electron chi connectivity index (χ3n) is 2.30. The van der Waals surface area contributed by atoms with Gasteiger partial charge in [0.15, 0.2) is 0 Å². The molecule has 0 amide bonds. The Morgan fingerprint density at radius 3 is 2.94 bits per heavy atom. The van der Waals surface area contributed by atoms with Gasteiger partial charge in [-0.05, 0) is 20.3 Å². The van der Waals surface area contributed by atoms with Crippen LogP contribution in [0.5, 0.6) is 0 Å². The van der Waals surface area contributed by atoms with Crippen molar-refractivity contribution in [3.63, 3.8) is 0 Å². The Bertz CT molecular complexity index is 334. The minimum absolute atomic E-state index is 0.187. The zero-order chi connectivity index (χ0) is 12.0. The highest BCUT2D eigenvalue weighted by Gasteiger charge is 2.11. The van der Waals surface area contributed by atoms with E-state index in [1.54, 1.807) is 11.8 Å². The van der Waals surface area contributed by atoms with Gasteiger partial charge in [-0.15, -0.1) is 0 Å². The molecular weight excluding hydrogens is 206 g/mol. The molecule has 0 aliphatic rings. The van der Waals surface area contributed by atoms with E-state index in [2.05, 4.69) is 10.1 Å². The van der Waals surface area contributed by atoms with Crippen molar-refractivity contribution in [2.75, 3.05) is 13.7 Å². The summed E-state index contributed by atoms with van der Waals surface area (Å²) in [5.74, 6) is 0.935.